The van der Waals surface area contributed by atoms with Gasteiger partial charge in [-0.25, -0.2) is 4.98 Å². The maximum atomic E-state index is 12.1. The minimum atomic E-state index is 0.0117. The van der Waals surface area contributed by atoms with Crippen LogP contribution in [0.1, 0.15) is 15.4 Å². The maximum absolute atomic E-state index is 12.1. The highest BCUT2D eigenvalue weighted by Gasteiger charge is 2.12. The van der Waals surface area contributed by atoms with Crippen molar-refractivity contribution in [1.82, 2.24) is 4.98 Å². The lowest BCUT2D eigenvalue weighted by atomic mass is 10.1. The fraction of sp³-hybridized carbons (Fsp3) is 0.0667. The Labute approximate surface area is 119 Å². The van der Waals surface area contributed by atoms with Crippen LogP contribution in [0.2, 0.25) is 0 Å². The molecule has 100 valence electrons. The van der Waals surface area contributed by atoms with Gasteiger partial charge < -0.3 is 10.2 Å². The molecular weight excluding hydrogens is 272 g/mol. The lowest BCUT2D eigenvalue weighted by Gasteiger charge is -1.99. The normalized spacial score (nSPS) is 10.6. The predicted molar refractivity (Wildman–Crippen MR) is 78.7 cm³/mol. The number of rotatable bonds is 4. The van der Waals surface area contributed by atoms with Crippen LogP contribution < -0.4 is 5.73 Å². The Morgan fingerprint density at radius 3 is 2.95 bits per heavy atom. The third kappa shape index (κ3) is 2.62. The number of hydrogen-bond acceptors (Lipinski definition) is 5. The Kier molecular flexibility index (Phi) is 3.35. The van der Waals surface area contributed by atoms with E-state index in [-0.39, 0.29) is 12.2 Å². The molecule has 2 heterocycles. The maximum Gasteiger partial charge on any atom is 0.169 e. The monoisotopic (exact) mass is 284 g/mol. The number of hydrogen-bond donors (Lipinski definition) is 1. The molecule has 3 rings (SSSR count). The highest BCUT2D eigenvalue weighted by molar-refractivity contribution is 7.10. The fourth-order valence-corrected chi connectivity index (χ4v) is 2.66. The van der Waals surface area contributed by atoms with Gasteiger partial charge in [0.1, 0.15) is 10.7 Å². The Bertz CT molecular complexity index is 732. The van der Waals surface area contributed by atoms with Crippen LogP contribution in [0, 0.1) is 0 Å². The SMILES string of the molecule is Nc1cccc(C(=O)Cc2nc(-c3ccco3)cs2)c1. The van der Waals surface area contributed by atoms with Crippen molar-refractivity contribution in [1.29, 1.82) is 0 Å². The number of aromatic nitrogens is 1. The Hall–Kier alpha value is -2.40. The van der Waals surface area contributed by atoms with Crippen molar-refractivity contribution in [3.63, 3.8) is 0 Å². The molecular formula is C15H12N2O2S. The van der Waals surface area contributed by atoms with Gasteiger partial charge in [0, 0.05) is 16.6 Å². The predicted octanol–water partition coefficient (Wildman–Crippen LogP) is 3.41. The summed E-state index contributed by atoms with van der Waals surface area (Å²) in [6.07, 6.45) is 1.88. The molecule has 0 amide bonds. The zero-order chi connectivity index (χ0) is 13.9. The standard InChI is InChI=1S/C15H12N2O2S/c16-11-4-1-3-10(7-11)13(18)8-15-17-12(9-20-15)14-5-2-6-19-14/h1-7,9H,8,16H2. The number of furan rings is 1. The number of Topliss-reactive ketones (excluding diaryl/α,β-unsaturated/α-hetero) is 1. The van der Waals surface area contributed by atoms with Crippen molar-refractivity contribution >= 4 is 22.8 Å². The number of ketones is 1. The Morgan fingerprint density at radius 1 is 1.30 bits per heavy atom. The van der Waals surface area contributed by atoms with Gasteiger partial charge in [-0.15, -0.1) is 11.3 Å². The van der Waals surface area contributed by atoms with Crippen LogP contribution >= 0.6 is 11.3 Å². The van der Waals surface area contributed by atoms with Gasteiger partial charge in [0.2, 0.25) is 0 Å². The van der Waals surface area contributed by atoms with Crippen LogP contribution in [0.15, 0.2) is 52.5 Å². The van der Waals surface area contributed by atoms with E-state index in [0.717, 1.165) is 10.7 Å². The summed E-state index contributed by atoms with van der Waals surface area (Å²) >= 11 is 1.45. The van der Waals surface area contributed by atoms with Crippen molar-refractivity contribution in [3.8, 4) is 11.5 Å². The molecule has 4 nitrogen and oxygen atoms in total. The molecule has 0 radical (unpaired) electrons. The van der Waals surface area contributed by atoms with Crippen LogP contribution in [0.3, 0.4) is 0 Å². The summed E-state index contributed by atoms with van der Waals surface area (Å²) in [5.41, 5.74) is 7.64. The van der Waals surface area contributed by atoms with E-state index in [1.54, 1.807) is 30.5 Å². The van der Waals surface area contributed by atoms with E-state index in [1.807, 2.05) is 17.5 Å². The van der Waals surface area contributed by atoms with Crippen LogP contribution in [0.4, 0.5) is 5.69 Å². The topological polar surface area (TPSA) is 69.1 Å². The van der Waals surface area contributed by atoms with Gasteiger partial charge in [-0.05, 0) is 24.3 Å². The van der Waals surface area contributed by atoms with Crippen molar-refractivity contribution in [2.75, 3.05) is 5.73 Å². The molecule has 3 aromatic rings. The van der Waals surface area contributed by atoms with Crippen molar-refractivity contribution in [2.24, 2.45) is 0 Å². The first-order valence-corrected chi connectivity index (χ1v) is 6.97. The van der Waals surface area contributed by atoms with E-state index in [1.165, 1.54) is 11.3 Å². The highest BCUT2D eigenvalue weighted by atomic mass is 32.1. The first kappa shape index (κ1) is 12.6. The lowest BCUT2D eigenvalue weighted by Crippen LogP contribution is -2.03. The van der Waals surface area contributed by atoms with E-state index in [9.17, 15) is 4.79 Å². The van der Waals surface area contributed by atoms with E-state index < -0.39 is 0 Å². The first-order chi connectivity index (χ1) is 9.72. The third-order valence-corrected chi connectivity index (χ3v) is 3.69. The van der Waals surface area contributed by atoms with Gasteiger partial charge in [-0.3, -0.25) is 4.79 Å². The zero-order valence-electron chi connectivity index (χ0n) is 10.6. The lowest BCUT2D eigenvalue weighted by molar-refractivity contribution is 0.0993. The molecule has 0 saturated carbocycles. The second-order valence-electron chi connectivity index (χ2n) is 4.33. The van der Waals surface area contributed by atoms with Gasteiger partial charge in [0.05, 0.1) is 12.7 Å². The Balaban J connectivity index is 1.77. The van der Waals surface area contributed by atoms with Gasteiger partial charge >= 0.3 is 0 Å². The number of nitrogens with two attached hydrogens (primary N) is 1. The minimum Gasteiger partial charge on any atom is -0.463 e. The molecule has 1 aromatic carbocycles. The average molecular weight is 284 g/mol. The number of nitrogen functional groups attached to an aromatic ring is 1. The molecule has 0 aliphatic carbocycles. The van der Waals surface area contributed by atoms with Crippen LogP contribution in [0.5, 0.6) is 0 Å². The quantitative estimate of drug-likeness (QED) is 0.589. The van der Waals surface area contributed by atoms with Crippen molar-refractivity contribution < 1.29 is 9.21 Å². The molecule has 0 saturated heterocycles. The molecule has 20 heavy (non-hydrogen) atoms. The Morgan fingerprint density at radius 2 is 2.20 bits per heavy atom. The summed E-state index contributed by atoms with van der Waals surface area (Å²) in [6, 6.07) is 10.6. The second-order valence-corrected chi connectivity index (χ2v) is 5.27. The van der Waals surface area contributed by atoms with Crippen LogP contribution in [0.25, 0.3) is 11.5 Å². The summed E-state index contributed by atoms with van der Waals surface area (Å²) in [5, 5.41) is 2.66. The number of thiazole rings is 1. The van der Waals surface area contributed by atoms with E-state index in [2.05, 4.69) is 4.98 Å². The molecule has 2 aromatic heterocycles. The molecule has 0 spiro atoms. The third-order valence-electron chi connectivity index (χ3n) is 2.85. The molecule has 2 N–H and O–H groups in total. The van der Waals surface area contributed by atoms with Gasteiger partial charge in [-0.2, -0.15) is 0 Å². The summed E-state index contributed by atoms with van der Waals surface area (Å²) in [4.78, 5) is 16.6. The summed E-state index contributed by atoms with van der Waals surface area (Å²) in [7, 11) is 0. The first-order valence-electron chi connectivity index (χ1n) is 6.09. The van der Waals surface area contributed by atoms with Crippen molar-refractivity contribution in [2.45, 2.75) is 6.42 Å². The number of nitrogens with zero attached hydrogens (tertiary/aromatic N) is 1. The molecule has 0 unspecified atom stereocenters. The van der Waals surface area contributed by atoms with Gasteiger partial charge in [0.15, 0.2) is 11.5 Å². The molecule has 0 bridgehead atoms. The fourth-order valence-electron chi connectivity index (χ4n) is 1.88. The van der Waals surface area contributed by atoms with E-state index in [4.69, 9.17) is 10.2 Å². The average Bonchev–Trinajstić information content (AvgIpc) is 3.08. The molecule has 0 aliphatic heterocycles. The highest BCUT2D eigenvalue weighted by Crippen LogP contribution is 2.23. The number of anilines is 1. The smallest absolute Gasteiger partial charge is 0.169 e. The number of carbonyl (C=O) groups is 1. The van der Waals surface area contributed by atoms with Crippen molar-refractivity contribution in [3.05, 3.63) is 58.6 Å². The van der Waals surface area contributed by atoms with Crippen LogP contribution in [-0.2, 0) is 6.42 Å². The zero-order valence-corrected chi connectivity index (χ0v) is 11.4. The van der Waals surface area contributed by atoms with Gasteiger partial charge in [0.25, 0.3) is 0 Å². The summed E-state index contributed by atoms with van der Waals surface area (Å²) in [5.74, 6) is 0.724. The minimum absolute atomic E-state index is 0.0117. The molecule has 0 aliphatic rings. The number of carbonyl (C=O) groups excluding carboxylic acids is 1. The second kappa shape index (κ2) is 5.30. The number of benzene rings is 1. The van der Waals surface area contributed by atoms with Gasteiger partial charge in [-0.1, -0.05) is 12.1 Å². The van der Waals surface area contributed by atoms with E-state index >= 15 is 0 Å². The summed E-state index contributed by atoms with van der Waals surface area (Å²) in [6.45, 7) is 0. The van der Waals surface area contributed by atoms with E-state index in [0.29, 0.717) is 17.0 Å². The largest absolute Gasteiger partial charge is 0.463 e. The summed E-state index contributed by atoms with van der Waals surface area (Å²) < 4.78 is 5.28. The molecule has 0 fully saturated rings. The molecule has 5 heteroatoms. The van der Waals surface area contributed by atoms with Crippen LogP contribution in [-0.4, -0.2) is 10.8 Å². The molecule has 0 atom stereocenters.